The summed E-state index contributed by atoms with van der Waals surface area (Å²) in [5.74, 6) is 0.0614. The Morgan fingerprint density at radius 1 is 1.26 bits per heavy atom. The lowest BCUT2D eigenvalue weighted by Crippen LogP contribution is -2.48. The van der Waals surface area contributed by atoms with Crippen LogP contribution < -0.4 is 10.6 Å². The van der Waals surface area contributed by atoms with Gasteiger partial charge in [0.15, 0.2) is 0 Å². The Morgan fingerprint density at radius 2 is 2.00 bits per heavy atom. The molecule has 0 aliphatic heterocycles. The van der Waals surface area contributed by atoms with E-state index in [1.165, 1.54) is 11.1 Å². The lowest BCUT2D eigenvalue weighted by atomic mass is 9.86. The van der Waals surface area contributed by atoms with Crippen molar-refractivity contribution in [2.24, 2.45) is 5.92 Å². The molecule has 10 heteroatoms. The zero-order valence-electron chi connectivity index (χ0n) is 14.9. The van der Waals surface area contributed by atoms with Gasteiger partial charge in [-0.2, -0.15) is 4.68 Å². The topological polar surface area (TPSA) is 102 Å². The summed E-state index contributed by atoms with van der Waals surface area (Å²) in [6.07, 6.45) is 4.35. The van der Waals surface area contributed by atoms with Gasteiger partial charge in [-0.25, -0.2) is 4.79 Å². The van der Waals surface area contributed by atoms with E-state index in [2.05, 4.69) is 33.1 Å². The molecule has 2 aromatic rings. The monoisotopic (exact) mass is 408 g/mol. The van der Waals surface area contributed by atoms with Gasteiger partial charge in [0, 0.05) is 11.1 Å². The molecule has 1 aliphatic rings. The SMILES string of the molecule is CC1CCCCC1NC(=O)NC(=O)CSc1nnnn1-c1ccc(Cl)cc1. The summed E-state index contributed by atoms with van der Waals surface area (Å²) in [4.78, 5) is 24.1. The van der Waals surface area contributed by atoms with Gasteiger partial charge < -0.3 is 5.32 Å². The number of halogens is 1. The Bertz CT molecular complexity index is 797. The van der Waals surface area contributed by atoms with E-state index in [0.29, 0.717) is 16.1 Å². The summed E-state index contributed by atoms with van der Waals surface area (Å²) >= 11 is 7.04. The van der Waals surface area contributed by atoms with E-state index < -0.39 is 11.9 Å². The number of aromatic nitrogens is 4. The van der Waals surface area contributed by atoms with E-state index in [1.54, 1.807) is 24.3 Å². The average molecular weight is 409 g/mol. The van der Waals surface area contributed by atoms with Crippen LogP contribution in [0.5, 0.6) is 0 Å². The van der Waals surface area contributed by atoms with Gasteiger partial charge in [0.05, 0.1) is 11.4 Å². The fourth-order valence-electron chi connectivity index (χ4n) is 3.04. The number of hydrogen-bond donors (Lipinski definition) is 2. The molecular formula is C17H21ClN6O2S. The summed E-state index contributed by atoms with van der Waals surface area (Å²) in [6.45, 7) is 2.12. The van der Waals surface area contributed by atoms with Crippen molar-refractivity contribution in [3.05, 3.63) is 29.3 Å². The first kappa shape index (κ1) is 19.6. The number of thioether (sulfide) groups is 1. The Balaban J connectivity index is 1.50. The standard InChI is InChI=1S/C17H21ClN6O2S/c1-11-4-2-3-5-14(11)19-16(26)20-15(25)10-27-17-21-22-23-24(17)13-8-6-12(18)7-9-13/h6-9,11,14H,2-5,10H2,1H3,(H2,19,20,25,26). The summed E-state index contributed by atoms with van der Waals surface area (Å²) in [7, 11) is 0. The third-order valence-corrected chi connectivity index (χ3v) is 5.70. The second kappa shape index (κ2) is 9.18. The summed E-state index contributed by atoms with van der Waals surface area (Å²) in [6, 6.07) is 6.70. The van der Waals surface area contributed by atoms with Crippen LogP contribution in [0.3, 0.4) is 0 Å². The molecule has 2 atom stereocenters. The van der Waals surface area contributed by atoms with Gasteiger partial charge in [-0.1, -0.05) is 43.1 Å². The van der Waals surface area contributed by atoms with Crippen molar-refractivity contribution < 1.29 is 9.59 Å². The first-order chi connectivity index (χ1) is 13.0. The molecule has 0 bridgehead atoms. The number of urea groups is 1. The lowest BCUT2D eigenvalue weighted by Gasteiger charge is -2.29. The normalized spacial score (nSPS) is 19.5. The van der Waals surface area contributed by atoms with E-state index in [-0.39, 0.29) is 11.8 Å². The van der Waals surface area contributed by atoms with Crippen LogP contribution in [0.15, 0.2) is 29.4 Å². The second-order valence-electron chi connectivity index (χ2n) is 6.53. The Hall–Kier alpha value is -2.13. The number of imide groups is 1. The highest BCUT2D eigenvalue weighted by Crippen LogP contribution is 2.23. The van der Waals surface area contributed by atoms with Crippen molar-refractivity contribution in [3.8, 4) is 5.69 Å². The smallest absolute Gasteiger partial charge is 0.321 e. The van der Waals surface area contributed by atoms with Gasteiger partial charge in [-0.05, 0) is 53.5 Å². The van der Waals surface area contributed by atoms with Gasteiger partial charge in [-0.3, -0.25) is 10.1 Å². The minimum Gasteiger partial charge on any atom is -0.335 e. The van der Waals surface area contributed by atoms with Crippen LogP contribution >= 0.6 is 23.4 Å². The van der Waals surface area contributed by atoms with Crippen molar-refractivity contribution in [3.63, 3.8) is 0 Å². The van der Waals surface area contributed by atoms with Crippen LogP contribution in [0.2, 0.25) is 5.02 Å². The molecule has 1 saturated carbocycles. The minimum atomic E-state index is -0.448. The number of rotatable bonds is 5. The van der Waals surface area contributed by atoms with Crippen molar-refractivity contribution in [1.82, 2.24) is 30.8 Å². The fraction of sp³-hybridized carbons (Fsp3) is 0.471. The first-order valence-electron chi connectivity index (χ1n) is 8.80. The van der Waals surface area contributed by atoms with E-state index in [4.69, 9.17) is 11.6 Å². The average Bonchev–Trinajstić information content (AvgIpc) is 3.11. The predicted molar refractivity (Wildman–Crippen MR) is 103 cm³/mol. The largest absolute Gasteiger partial charge is 0.335 e. The van der Waals surface area contributed by atoms with E-state index in [1.807, 2.05) is 0 Å². The second-order valence-corrected chi connectivity index (χ2v) is 7.91. The molecule has 0 spiro atoms. The lowest BCUT2D eigenvalue weighted by molar-refractivity contribution is -0.117. The molecule has 1 aromatic carbocycles. The van der Waals surface area contributed by atoms with Gasteiger partial charge >= 0.3 is 6.03 Å². The number of carbonyl (C=O) groups excluding carboxylic acids is 2. The molecule has 1 aliphatic carbocycles. The third kappa shape index (κ3) is 5.43. The number of amides is 3. The number of benzene rings is 1. The summed E-state index contributed by atoms with van der Waals surface area (Å²) < 4.78 is 1.51. The Morgan fingerprint density at radius 3 is 2.74 bits per heavy atom. The highest BCUT2D eigenvalue weighted by molar-refractivity contribution is 7.99. The molecule has 2 N–H and O–H groups in total. The molecule has 1 heterocycles. The molecule has 0 saturated heterocycles. The molecule has 3 amide bonds. The molecule has 8 nitrogen and oxygen atoms in total. The van der Waals surface area contributed by atoms with Crippen LogP contribution in [0.1, 0.15) is 32.6 Å². The highest BCUT2D eigenvalue weighted by atomic mass is 35.5. The number of nitrogens with zero attached hydrogens (tertiary/aromatic N) is 4. The predicted octanol–water partition coefficient (Wildman–Crippen LogP) is 2.81. The van der Waals surface area contributed by atoms with E-state index >= 15 is 0 Å². The Kier molecular flexibility index (Phi) is 6.68. The molecule has 27 heavy (non-hydrogen) atoms. The molecule has 1 aromatic heterocycles. The number of nitrogens with one attached hydrogen (secondary N) is 2. The molecule has 144 valence electrons. The van der Waals surface area contributed by atoms with Crippen molar-refractivity contribution in [1.29, 1.82) is 0 Å². The van der Waals surface area contributed by atoms with Gasteiger partial charge in [0.25, 0.3) is 0 Å². The van der Waals surface area contributed by atoms with Gasteiger partial charge in [-0.15, -0.1) is 5.10 Å². The number of hydrogen-bond acceptors (Lipinski definition) is 6. The van der Waals surface area contributed by atoms with Gasteiger partial charge in [0.2, 0.25) is 11.1 Å². The molecule has 1 fully saturated rings. The first-order valence-corrected chi connectivity index (χ1v) is 10.2. The number of tetrazole rings is 1. The third-order valence-electron chi connectivity index (χ3n) is 4.53. The highest BCUT2D eigenvalue weighted by Gasteiger charge is 2.23. The maximum atomic E-state index is 12.1. The van der Waals surface area contributed by atoms with Crippen LogP contribution in [0, 0.1) is 5.92 Å². The zero-order chi connectivity index (χ0) is 19.2. The molecule has 3 rings (SSSR count). The summed E-state index contributed by atoms with van der Waals surface area (Å²) in [5.41, 5.74) is 0.733. The van der Waals surface area contributed by atoms with Crippen LogP contribution in [0.25, 0.3) is 5.69 Å². The van der Waals surface area contributed by atoms with Crippen LogP contribution in [0.4, 0.5) is 4.79 Å². The zero-order valence-corrected chi connectivity index (χ0v) is 16.5. The van der Waals surface area contributed by atoms with Crippen molar-refractivity contribution in [2.75, 3.05) is 5.75 Å². The number of carbonyl (C=O) groups is 2. The Labute approximate surface area is 166 Å². The summed E-state index contributed by atoms with van der Waals surface area (Å²) in [5, 5.41) is 17.8. The van der Waals surface area contributed by atoms with E-state index in [0.717, 1.165) is 36.7 Å². The van der Waals surface area contributed by atoms with Crippen molar-refractivity contribution >= 4 is 35.3 Å². The maximum Gasteiger partial charge on any atom is 0.321 e. The van der Waals surface area contributed by atoms with E-state index in [9.17, 15) is 9.59 Å². The van der Waals surface area contributed by atoms with Crippen molar-refractivity contribution in [2.45, 2.75) is 43.8 Å². The molecule has 0 radical (unpaired) electrons. The molecular weight excluding hydrogens is 388 g/mol. The van der Waals surface area contributed by atoms with Crippen LogP contribution in [-0.4, -0.2) is 43.9 Å². The fourth-order valence-corrected chi connectivity index (χ4v) is 3.86. The quantitative estimate of drug-likeness (QED) is 0.737. The van der Waals surface area contributed by atoms with Crippen LogP contribution in [-0.2, 0) is 4.79 Å². The maximum absolute atomic E-state index is 12.1. The van der Waals surface area contributed by atoms with Gasteiger partial charge in [0.1, 0.15) is 0 Å². The minimum absolute atomic E-state index is 0.0294. The molecule has 2 unspecified atom stereocenters.